The lowest BCUT2D eigenvalue weighted by Crippen LogP contribution is -2.60. The summed E-state index contributed by atoms with van der Waals surface area (Å²) < 4.78 is 42.0. The Morgan fingerprint density at radius 1 is 1.07 bits per heavy atom. The summed E-state index contributed by atoms with van der Waals surface area (Å²) in [7, 11) is 1.24. The number of aliphatic hydroxyl groups is 1. The molecule has 0 aliphatic rings. The fraction of sp³-hybridized carbons (Fsp3) is 0.350. The highest BCUT2D eigenvalue weighted by molar-refractivity contribution is 5.84. The van der Waals surface area contributed by atoms with Gasteiger partial charge in [-0.1, -0.05) is 38.1 Å². The number of hydrogen-bond donors (Lipinski definition) is 2. The molecule has 4 nitrogen and oxygen atoms in total. The first-order chi connectivity index (χ1) is 12.5. The molecule has 3 aromatic rings. The van der Waals surface area contributed by atoms with Gasteiger partial charge in [0.05, 0.1) is 0 Å². The van der Waals surface area contributed by atoms with Gasteiger partial charge in [-0.15, -0.1) is 0 Å². The van der Waals surface area contributed by atoms with Crippen molar-refractivity contribution in [3.8, 4) is 0 Å². The van der Waals surface area contributed by atoms with Crippen LogP contribution in [0.1, 0.15) is 26.0 Å². The van der Waals surface area contributed by atoms with Gasteiger partial charge in [-0.3, -0.25) is 4.98 Å². The van der Waals surface area contributed by atoms with Crippen LogP contribution < -0.4 is 4.90 Å². The van der Waals surface area contributed by atoms with Crippen LogP contribution in [0, 0.1) is 0 Å². The molecule has 2 N–H and O–H groups in total. The number of halogens is 3. The maximum Gasteiger partial charge on any atom is 0.436 e. The van der Waals surface area contributed by atoms with Crippen LogP contribution in [0.3, 0.4) is 0 Å². The summed E-state index contributed by atoms with van der Waals surface area (Å²) in [6.45, 7) is 3.29. The lowest BCUT2D eigenvalue weighted by molar-refractivity contribution is -0.265. The molecule has 0 spiro atoms. The molecule has 0 saturated heterocycles. The Bertz CT molecular complexity index is 888. The number of fused-ring (bicyclic) bond motifs is 1. The summed E-state index contributed by atoms with van der Waals surface area (Å²) in [6.07, 6.45) is -3.91. The van der Waals surface area contributed by atoms with Crippen molar-refractivity contribution in [2.45, 2.75) is 37.6 Å². The zero-order chi connectivity index (χ0) is 19.9. The van der Waals surface area contributed by atoms with E-state index in [1.807, 2.05) is 0 Å². The second-order valence-electron chi connectivity index (χ2n) is 7.39. The molecule has 0 saturated carbocycles. The fourth-order valence-corrected chi connectivity index (χ4v) is 3.32. The lowest BCUT2D eigenvalue weighted by Gasteiger charge is -2.43. The van der Waals surface area contributed by atoms with Gasteiger partial charge in [-0.2, -0.15) is 13.2 Å². The Hall–Kier alpha value is -2.54. The average molecular weight is 377 g/mol. The first kappa shape index (κ1) is 19.2. The minimum atomic E-state index is -4.87. The van der Waals surface area contributed by atoms with Crippen LogP contribution in [0.15, 0.2) is 54.7 Å². The number of aromatic amines is 1. The number of pyridine rings is 1. The molecule has 3 rings (SSSR count). The number of H-pyrrole nitrogens is 1. The number of anilines is 1. The van der Waals surface area contributed by atoms with Crippen LogP contribution in [0.4, 0.5) is 19.0 Å². The Kier molecular flexibility index (Phi) is 4.67. The summed E-state index contributed by atoms with van der Waals surface area (Å²) in [4.78, 5) is 7.99. The molecule has 2 aromatic heterocycles. The highest BCUT2D eigenvalue weighted by Crippen LogP contribution is 2.43. The molecule has 0 bridgehead atoms. The van der Waals surface area contributed by atoms with E-state index in [9.17, 15) is 18.3 Å². The summed E-state index contributed by atoms with van der Waals surface area (Å²) in [5.41, 5.74) is -2.90. The number of benzene rings is 1. The van der Waals surface area contributed by atoms with Crippen LogP contribution in [-0.2, 0) is 5.41 Å². The summed E-state index contributed by atoms with van der Waals surface area (Å²) >= 11 is 0. The van der Waals surface area contributed by atoms with Crippen LogP contribution in [-0.4, -0.2) is 34.0 Å². The maximum absolute atomic E-state index is 14.0. The topological polar surface area (TPSA) is 52.2 Å². The molecular formula is C20H22F3N3O. The second kappa shape index (κ2) is 6.56. The highest BCUT2D eigenvalue weighted by Gasteiger charge is 2.59. The van der Waals surface area contributed by atoms with Gasteiger partial charge >= 0.3 is 6.18 Å². The minimum Gasteiger partial charge on any atom is -0.363 e. The zero-order valence-corrected chi connectivity index (χ0v) is 15.4. The number of rotatable bonds is 5. The molecule has 0 radical (unpaired) electrons. The third-order valence-electron chi connectivity index (χ3n) is 4.93. The molecule has 0 aliphatic carbocycles. The van der Waals surface area contributed by atoms with Gasteiger partial charge in [0, 0.05) is 41.7 Å². The zero-order valence-electron chi connectivity index (χ0n) is 15.4. The first-order valence-corrected chi connectivity index (χ1v) is 8.57. The molecule has 0 fully saturated rings. The molecule has 1 aromatic carbocycles. The third-order valence-corrected chi connectivity index (χ3v) is 4.93. The largest absolute Gasteiger partial charge is 0.436 e. The van der Waals surface area contributed by atoms with Gasteiger partial charge in [0.25, 0.3) is 0 Å². The highest BCUT2D eigenvalue weighted by atomic mass is 19.4. The van der Waals surface area contributed by atoms with E-state index in [0.29, 0.717) is 11.2 Å². The third kappa shape index (κ3) is 3.51. The summed E-state index contributed by atoms with van der Waals surface area (Å²) in [5, 5.41) is 11.6. The Balaban J connectivity index is 2.01. The number of nitrogens with one attached hydrogen (secondary N) is 1. The smallest absolute Gasteiger partial charge is 0.363 e. The minimum absolute atomic E-state index is 0.188. The van der Waals surface area contributed by atoms with Crippen molar-refractivity contribution >= 4 is 16.7 Å². The predicted octanol–water partition coefficient (Wildman–Crippen LogP) is 4.62. The van der Waals surface area contributed by atoms with Crippen LogP contribution in [0.25, 0.3) is 10.9 Å². The molecular weight excluding hydrogens is 355 g/mol. The second-order valence-corrected chi connectivity index (χ2v) is 7.39. The summed E-state index contributed by atoms with van der Waals surface area (Å²) in [6, 6.07) is 13.9. The number of para-hydroxylation sites is 1. The van der Waals surface area contributed by atoms with Crippen molar-refractivity contribution in [2.24, 2.45) is 0 Å². The van der Waals surface area contributed by atoms with E-state index < -0.39 is 23.7 Å². The van der Waals surface area contributed by atoms with Crippen molar-refractivity contribution in [1.82, 2.24) is 9.97 Å². The Morgan fingerprint density at radius 2 is 1.74 bits per heavy atom. The van der Waals surface area contributed by atoms with Crippen LogP contribution >= 0.6 is 0 Å². The molecule has 0 amide bonds. The van der Waals surface area contributed by atoms with E-state index >= 15 is 0 Å². The molecule has 1 unspecified atom stereocenters. The average Bonchev–Trinajstić information content (AvgIpc) is 3.04. The van der Waals surface area contributed by atoms with Gasteiger partial charge in [0.15, 0.2) is 0 Å². The van der Waals surface area contributed by atoms with Crippen LogP contribution in [0.5, 0.6) is 0 Å². The van der Waals surface area contributed by atoms with Gasteiger partial charge in [-0.05, 0) is 24.3 Å². The van der Waals surface area contributed by atoms with Gasteiger partial charge in [0.1, 0.15) is 5.82 Å². The number of hydrogen-bond acceptors (Lipinski definition) is 3. The van der Waals surface area contributed by atoms with Crippen molar-refractivity contribution in [3.63, 3.8) is 0 Å². The van der Waals surface area contributed by atoms with E-state index in [1.54, 1.807) is 62.4 Å². The molecule has 2 heterocycles. The predicted molar refractivity (Wildman–Crippen MR) is 99.6 cm³/mol. The molecule has 27 heavy (non-hydrogen) atoms. The van der Waals surface area contributed by atoms with E-state index in [0.717, 1.165) is 10.3 Å². The number of nitrogens with zero attached hydrogens (tertiary/aromatic N) is 2. The van der Waals surface area contributed by atoms with E-state index in [2.05, 4.69) is 9.97 Å². The van der Waals surface area contributed by atoms with E-state index in [1.165, 1.54) is 13.2 Å². The van der Waals surface area contributed by atoms with E-state index in [4.69, 9.17) is 0 Å². The van der Waals surface area contributed by atoms with Crippen molar-refractivity contribution in [1.29, 1.82) is 0 Å². The molecule has 0 aliphatic heterocycles. The van der Waals surface area contributed by atoms with Crippen molar-refractivity contribution in [2.75, 3.05) is 11.9 Å². The van der Waals surface area contributed by atoms with Gasteiger partial charge in [0.2, 0.25) is 5.72 Å². The Morgan fingerprint density at radius 3 is 2.33 bits per heavy atom. The number of alkyl halides is 3. The molecule has 1 atom stereocenters. The van der Waals surface area contributed by atoms with Gasteiger partial charge < -0.3 is 15.0 Å². The standard InChI is InChI=1S/C20H22F3N3O/c1-18(2,16-10-6-7-11-24-16)13-19(27,20(21,22)23)26(3)17-12-14-8-4-5-9-15(14)25-17/h4-12,25,27H,13H2,1-3H3. The maximum atomic E-state index is 14.0. The monoisotopic (exact) mass is 377 g/mol. The quantitative estimate of drug-likeness (QED) is 0.638. The summed E-state index contributed by atoms with van der Waals surface area (Å²) in [5.74, 6) is 0.188. The lowest BCUT2D eigenvalue weighted by atomic mass is 9.80. The SMILES string of the molecule is CN(c1cc2ccccc2[nH]1)C(O)(CC(C)(C)c1ccccn1)C(F)(F)F. The number of aromatic nitrogens is 2. The Labute approximate surface area is 155 Å². The normalized spacial score (nSPS) is 14.9. The molecule has 144 valence electrons. The van der Waals surface area contributed by atoms with Crippen molar-refractivity contribution in [3.05, 3.63) is 60.4 Å². The fourth-order valence-electron chi connectivity index (χ4n) is 3.32. The van der Waals surface area contributed by atoms with Crippen LogP contribution in [0.2, 0.25) is 0 Å². The first-order valence-electron chi connectivity index (χ1n) is 8.57. The van der Waals surface area contributed by atoms with Gasteiger partial charge in [-0.25, -0.2) is 0 Å². The van der Waals surface area contributed by atoms with E-state index in [-0.39, 0.29) is 5.82 Å². The van der Waals surface area contributed by atoms with Crippen molar-refractivity contribution < 1.29 is 18.3 Å². The molecule has 7 heteroatoms.